The molecule has 7 N–H and O–H groups in total. The van der Waals surface area contributed by atoms with Gasteiger partial charge in [0, 0.05) is 56.2 Å². The van der Waals surface area contributed by atoms with Gasteiger partial charge in [0.1, 0.15) is 17.6 Å². The van der Waals surface area contributed by atoms with E-state index in [1.807, 2.05) is 45.9 Å². The molecule has 46 heavy (non-hydrogen) atoms. The van der Waals surface area contributed by atoms with Gasteiger partial charge in [0.2, 0.25) is 29.5 Å². The summed E-state index contributed by atoms with van der Waals surface area (Å²) in [5, 5.41) is 8.59. The van der Waals surface area contributed by atoms with Crippen molar-refractivity contribution in [1.29, 1.82) is 0 Å². The molecule has 0 unspecified atom stereocenters. The molecule has 14 heteroatoms. The first-order valence-electron chi connectivity index (χ1n) is 16.0. The lowest BCUT2D eigenvalue weighted by Gasteiger charge is -2.38. The number of hydrogen-bond acceptors (Lipinski definition) is 9. The topological polar surface area (TPSA) is 196 Å². The molecule has 0 aromatic carbocycles. The Morgan fingerprint density at radius 2 is 1.59 bits per heavy atom. The molecule has 1 aliphatic heterocycles. The lowest BCUT2D eigenvalue weighted by molar-refractivity contribution is -0.140. The van der Waals surface area contributed by atoms with E-state index in [-0.39, 0.29) is 42.9 Å². The highest BCUT2D eigenvalue weighted by Gasteiger charge is 2.43. The van der Waals surface area contributed by atoms with Crippen LogP contribution >= 0.6 is 23.5 Å². The number of aromatic nitrogens is 1. The van der Waals surface area contributed by atoms with Crippen LogP contribution in [0.5, 0.6) is 0 Å². The molecule has 0 bridgehead atoms. The maximum Gasteiger partial charge on any atom is 0.246 e. The smallest absolute Gasteiger partial charge is 0.246 e. The zero-order chi connectivity index (χ0) is 34.1. The van der Waals surface area contributed by atoms with Gasteiger partial charge in [-0.2, -0.15) is 23.5 Å². The first-order chi connectivity index (χ1) is 21.9. The van der Waals surface area contributed by atoms with Gasteiger partial charge in [-0.15, -0.1) is 0 Å². The third-order valence-corrected chi connectivity index (χ3v) is 9.93. The minimum atomic E-state index is -1.20. The standard InChI is InChI=1S/C32H52N6O6S2/c1-5-22(4)28(29(34)41)37-30(42)25(18-21(2)3)36-31(43)32(12-14-44-15-13-32)38-27(40)10-7-16-45-19-23-8-6-9-24(35-23)20-46-17-11-26(33)39/h6,8-9,21-22,25,28H,5,7,10-20H2,1-4H3,(H2,33,39)(H2,34,41)(H,36,43)(H,37,42)(H,38,40)/t22-,25-,28-/m0/s1. The lowest BCUT2D eigenvalue weighted by atomic mass is 9.87. The molecule has 0 radical (unpaired) electrons. The fraction of sp³-hybridized carbons (Fsp3) is 0.688. The maximum absolute atomic E-state index is 13.7. The number of thioether (sulfide) groups is 2. The summed E-state index contributed by atoms with van der Waals surface area (Å²) < 4.78 is 5.50. The van der Waals surface area contributed by atoms with Crippen LogP contribution in [-0.2, 0) is 40.2 Å². The van der Waals surface area contributed by atoms with Gasteiger partial charge in [0.15, 0.2) is 0 Å². The summed E-state index contributed by atoms with van der Waals surface area (Å²) in [6, 6.07) is 4.15. The normalized spacial score (nSPS) is 16.2. The van der Waals surface area contributed by atoms with Crippen molar-refractivity contribution in [2.45, 2.75) is 102 Å². The van der Waals surface area contributed by atoms with Crippen molar-refractivity contribution in [3.63, 3.8) is 0 Å². The summed E-state index contributed by atoms with van der Waals surface area (Å²) in [7, 11) is 0. The van der Waals surface area contributed by atoms with Crippen molar-refractivity contribution in [1.82, 2.24) is 20.9 Å². The molecule has 0 spiro atoms. The summed E-state index contributed by atoms with van der Waals surface area (Å²) in [6.07, 6.45) is 2.79. The number of carbonyl (C=O) groups excluding carboxylic acids is 5. The quantitative estimate of drug-likeness (QED) is 0.121. The molecular weight excluding hydrogens is 629 g/mol. The van der Waals surface area contributed by atoms with Crippen LogP contribution in [0.4, 0.5) is 0 Å². The van der Waals surface area contributed by atoms with Crippen molar-refractivity contribution >= 4 is 53.1 Å². The Balaban J connectivity index is 1.93. The third kappa shape index (κ3) is 13.9. The summed E-state index contributed by atoms with van der Waals surface area (Å²) in [5.74, 6) is 0.660. The average Bonchev–Trinajstić information content (AvgIpc) is 3.01. The van der Waals surface area contributed by atoms with Gasteiger partial charge in [-0.1, -0.05) is 40.2 Å². The van der Waals surface area contributed by atoms with Crippen LogP contribution in [0.15, 0.2) is 18.2 Å². The second-order valence-corrected chi connectivity index (χ2v) is 14.4. The Morgan fingerprint density at radius 1 is 0.957 bits per heavy atom. The lowest BCUT2D eigenvalue weighted by Crippen LogP contribution is -2.64. The van der Waals surface area contributed by atoms with Crippen molar-refractivity contribution in [2.75, 3.05) is 24.7 Å². The molecule has 1 fully saturated rings. The van der Waals surface area contributed by atoms with Crippen LogP contribution < -0.4 is 27.4 Å². The number of nitrogens with one attached hydrogen (secondary N) is 3. The molecule has 1 aromatic heterocycles. The molecule has 2 rings (SSSR count). The summed E-state index contributed by atoms with van der Waals surface area (Å²) in [6.45, 7) is 8.24. The minimum absolute atomic E-state index is 0.0780. The first-order valence-corrected chi connectivity index (χ1v) is 18.4. The number of hydrogen-bond donors (Lipinski definition) is 5. The minimum Gasteiger partial charge on any atom is -0.381 e. The molecule has 0 saturated carbocycles. The van der Waals surface area contributed by atoms with Gasteiger partial charge in [-0.05, 0) is 42.6 Å². The van der Waals surface area contributed by atoms with E-state index in [2.05, 4.69) is 20.9 Å². The zero-order valence-electron chi connectivity index (χ0n) is 27.6. The highest BCUT2D eigenvalue weighted by molar-refractivity contribution is 7.98. The predicted molar refractivity (Wildman–Crippen MR) is 182 cm³/mol. The molecule has 1 aliphatic rings. The van der Waals surface area contributed by atoms with E-state index in [0.717, 1.165) is 17.1 Å². The number of amides is 5. The molecule has 3 atom stereocenters. The SMILES string of the molecule is CC[C@H](C)[C@H](NC(=O)[C@H](CC(C)C)NC(=O)C1(NC(=O)CCCSCc2cccc(CSCCC(N)=O)n2)CCOCC1)C(N)=O. The summed E-state index contributed by atoms with van der Waals surface area (Å²) in [4.78, 5) is 67.7. The van der Waals surface area contributed by atoms with Crippen molar-refractivity contribution in [3.05, 3.63) is 29.6 Å². The third-order valence-electron chi connectivity index (χ3n) is 7.86. The van der Waals surface area contributed by atoms with Gasteiger partial charge in [0.05, 0.1) is 11.4 Å². The Hall–Kier alpha value is -2.84. The van der Waals surface area contributed by atoms with Gasteiger partial charge in [-0.25, -0.2) is 0 Å². The number of pyridine rings is 1. The van der Waals surface area contributed by atoms with Crippen LogP contribution in [0.25, 0.3) is 0 Å². The second kappa shape index (κ2) is 20.4. The number of ether oxygens (including phenoxy) is 1. The molecule has 1 saturated heterocycles. The van der Waals surface area contributed by atoms with Crippen LogP contribution in [0, 0.1) is 11.8 Å². The maximum atomic E-state index is 13.7. The van der Waals surface area contributed by atoms with Crippen LogP contribution in [0.2, 0.25) is 0 Å². The average molecular weight is 681 g/mol. The van der Waals surface area contributed by atoms with Crippen molar-refractivity contribution < 1.29 is 28.7 Å². The van der Waals surface area contributed by atoms with Gasteiger partial charge >= 0.3 is 0 Å². The summed E-state index contributed by atoms with van der Waals surface area (Å²) >= 11 is 3.30. The molecule has 12 nitrogen and oxygen atoms in total. The molecule has 2 heterocycles. The second-order valence-electron chi connectivity index (χ2n) is 12.2. The molecule has 0 aliphatic carbocycles. The fourth-order valence-corrected chi connectivity index (χ4v) is 6.71. The molecule has 258 valence electrons. The Bertz CT molecular complexity index is 1160. The van der Waals surface area contributed by atoms with Gasteiger partial charge in [-0.3, -0.25) is 29.0 Å². The van der Waals surface area contributed by atoms with E-state index < -0.39 is 35.3 Å². The fourth-order valence-electron chi connectivity index (χ4n) is 4.99. The van der Waals surface area contributed by atoms with Crippen molar-refractivity contribution in [3.8, 4) is 0 Å². The van der Waals surface area contributed by atoms with E-state index in [9.17, 15) is 24.0 Å². The predicted octanol–water partition coefficient (Wildman–Crippen LogP) is 2.42. The number of rotatable bonds is 21. The number of nitrogens with two attached hydrogens (primary N) is 2. The Kier molecular flexibility index (Phi) is 17.5. The van der Waals surface area contributed by atoms with Gasteiger partial charge in [0.25, 0.3) is 0 Å². The van der Waals surface area contributed by atoms with E-state index in [1.165, 1.54) is 0 Å². The molecular formula is C32H52N6O6S2. The summed E-state index contributed by atoms with van der Waals surface area (Å²) in [5.41, 5.74) is 11.5. The van der Waals surface area contributed by atoms with E-state index in [1.54, 1.807) is 23.5 Å². The highest BCUT2D eigenvalue weighted by Crippen LogP contribution is 2.23. The zero-order valence-corrected chi connectivity index (χ0v) is 29.2. The van der Waals surface area contributed by atoms with E-state index in [4.69, 9.17) is 16.2 Å². The van der Waals surface area contributed by atoms with Crippen LogP contribution in [-0.4, -0.2) is 76.9 Å². The number of nitrogens with zero attached hydrogens (tertiary/aromatic N) is 1. The van der Waals surface area contributed by atoms with E-state index >= 15 is 0 Å². The highest BCUT2D eigenvalue weighted by atomic mass is 32.2. The number of carbonyl (C=O) groups is 5. The number of primary amides is 2. The van der Waals surface area contributed by atoms with Crippen LogP contribution in [0.1, 0.15) is 84.0 Å². The van der Waals surface area contributed by atoms with Crippen molar-refractivity contribution in [2.24, 2.45) is 23.3 Å². The van der Waals surface area contributed by atoms with Crippen LogP contribution in [0.3, 0.4) is 0 Å². The molecule has 1 aromatic rings. The Labute approximate surface area is 281 Å². The first kappa shape index (κ1) is 39.3. The largest absolute Gasteiger partial charge is 0.381 e. The Morgan fingerprint density at radius 3 is 2.15 bits per heavy atom. The monoisotopic (exact) mass is 680 g/mol. The molecule has 5 amide bonds. The van der Waals surface area contributed by atoms with Gasteiger partial charge < -0.3 is 32.2 Å². The van der Waals surface area contributed by atoms with E-state index in [0.29, 0.717) is 56.2 Å².